The quantitative estimate of drug-likeness (QED) is 0.252. The van der Waals surface area contributed by atoms with Crippen molar-refractivity contribution in [3.63, 3.8) is 0 Å². The number of aryl methyl sites for hydroxylation is 1. The van der Waals surface area contributed by atoms with Crippen molar-refractivity contribution < 1.29 is 27.5 Å². The Bertz CT molecular complexity index is 1480. The van der Waals surface area contributed by atoms with Gasteiger partial charge in [-0.05, 0) is 42.2 Å². The molecular weight excluding hydrogens is 506 g/mol. The topological polar surface area (TPSA) is 153 Å². The number of nitrogens with two attached hydrogens (primary N) is 1. The van der Waals surface area contributed by atoms with Crippen LogP contribution in [-0.4, -0.2) is 42.1 Å². The minimum Gasteiger partial charge on any atom is -0.438 e. The molecule has 9 nitrogen and oxygen atoms in total. The van der Waals surface area contributed by atoms with Crippen LogP contribution in [0.5, 0.6) is 0 Å². The lowest BCUT2D eigenvalue weighted by atomic mass is 10.0. The minimum atomic E-state index is -3.73. The summed E-state index contributed by atoms with van der Waals surface area (Å²) in [6.07, 6.45) is -0.628. The van der Waals surface area contributed by atoms with Crippen molar-refractivity contribution in [2.75, 3.05) is 5.75 Å². The number of hydrogen-bond donors (Lipinski definition) is 3. The molecule has 0 fully saturated rings. The van der Waals surface area contributed by atoms with E-state index < -0.39 is 45.3 Å². The van der Waals surface area contributed by atoms with Crippen LogP contribution in [0.2, 0.25) is 0 Å². The molecule has 0 saturated heterocycles. The first-order chi connectivity index (χ1) is 18.2. The van der Waals surface area contributed by atoms with Gasteiger partial charge in [-0.1, -0.05) is 60.7 Å². The Balaban J connectivity index is 1.44. The Kier molecular flexibility index (Phi) is 8.55. The standard InChI is InChI=1S/C28H29N3O6S/c29-27(34)21-11-5-4-10-20(21)18-38(35,36)17-16-25(32)30-23(15-14-19-8-2-1-3-9-19)26(33)28-31-22-12-6-7-13-24(22)37-28/h1-13,23,26,33H,14-18H2,(H2,29,34)(H,30,32)/t23-,26+/m1/s1. The molecular formula is C28H29N3O6S. The van der Waals surface area contributed by atoms with Crippen LogP contribution in [0.15, 0.2) is 83.3 Å². The van der Waals surface area contributed by atoms with E-state index in [0.717, 1.165) is 5.56 Å². The number of para-hydroxylation sites is 2. The van der Waals surface area contributed by atoms with Gasteiger partial charge in [0.2, 0.25) is 17.7 Å². The molecule has 4 rings (SSSR count). The number of sulfone groups is 1. The second kappa shape index (κ2) is 12.0. The van der Waals surface area contributed by atoms with Crippen molar-refractivity contribution in [2.45, 2.75) is 37.2 Å². The first kappa shape index (κ1) is 27.0. The predicted octanol–water partition coefficient (Wildman–Crippen LogP) is 3.08. The molecule has 0 aliphatic heterocycles. The number of nitrogens with one attached hydrogen (secondary N) is 1. The molecule has 4 aromatic rings. The van der Waals surface area contributed by atoms with Gasteiger partial charge in [-0.25, -0.2) is 13.4 Å². The molecule has 1 aromatic heterocycles. The summed E-state index contributed by atoms with van der Waals surface area (Å²) in [7, 11) is -3.73. The average molecular weight is 536 g/mol. The summed E-state index contributed by atoms with van der Waals surface area (Å²) in [5.41, 5.74) is 7.87. The van der Waals surface area contributed by atoms with Crippen LogP contribution in [0.1, 0.15) is 46.3 Å². The average Bonchev–Trinajstić information content (AvgIpc) is 3.34. The summed E-state index contributed by atoms with van der Waals surface area (Å²) in [5, 5.41) is 13.8. The molecule has 198 valence electrons. The van der Waals surface area contributed by atoms with Crippen LogP contribution >= 0.6 is 0 Å². The van der Waals surface area contributed by atoms with E-state index >= 15 is 0 Å². The number of amides is 2. The van der Waals surface area contributed by atoms with Crippen LogP contribution in [0.3, 0.4) is 0 Å². The van der Waals surface area contributed by atoms with Gasteiger partial charge in [-0.2, -0.15) is 0 Å². The number of oxazole rings is 1. The highest BCUT2D eigenvalue weighted by atomic mass is 32.2. The Labute approximate surface area is 220 Å². The van der Waals surface area contributed by atoms with Crippen molar-refractivity contribution in [1.82, 2.24) is 10.3 Å². The van der Waals surface area contributed by atoms with E-state index in [4.69, 9.17) is 10.2 Å². The molecule has 0 spiro atoms. The Morgan fingerprint density at radius 3 is 2.39 bits per heavy atom. The molecule has 0 bridgehead atoms. The zero-order valence-electron chi connectivity index (χ0n) is 20.6. The highest BCUT2D eigenvalue weighted by Crippen LogP contribution is 2.24. The first-order valence-corrected chi connectivity index (χ1v) is 14.0. The van der Waals surface area contributed by atoms with Crippen molar-refractivity contribution in [2.24, 2.45) is 5.73 Å². The van der Waals surface area contributed by atoms with Gasteiger partial charge < -0.3 is 20.6 Å². The van der Waals surface area contributed by atoms with E-state index in [2.05, 4.69) is 10.3 Å². The summed E-state index contributed by atoms with van der Waals surface area (Å²) in [6, 6.07) is 22.1. The van der Waals surface area contributed by atoms with Gasteiger partial charge in [0.25, 0.3) is 0 Å². The number of benzene rings is 3. The number of primary amides is 1. The molecule has 0 aliphatic carbocycles. The van der Waals surface area contributed by atoms with Gasteiger partial charge in [-0.15, -0.1) is 0 Å². The SMILES string of the molecule is NC(=O)c1ccccc1CS(=O)(=O)CCC(=O)N[C@H](CCc1ccccc1)[C@H](O)c1nc2ccccc2o1. The fourth-order valence-corrected chi connectivity index (χ4v) is 5.55. The van der Waals surface area contributed by atoms with Crippen LogP contribution in [-0.2, 0) is 26.8 Å². The molecule has 4 N–H and O–H groups in total. The maximum atomic E-state index is 12.8. The second-order valence-corrected chi connectivity index (χ2v) is 11.2. The first-order valence-electron chi connectivity index (χ1n) is 12.2. The number of fused-ring (bicyclic) bond motifs is 1. The molecule has 0 aliphatic rings. The number of aliphatic hydroxyl groups excluding tert-OH is 1. The van der Waals surface area contributed by atoms with Crippen LogP contribution in [0.25, 0.3) is 11.1 Å². The maximum Gasteiger partial charge on any atom is 0.249 e. The van der Waals surface area contributed by atoms with E-state index in [0.29, 0.717) is 23.9 Å². The lowest BCUT2D eigenvalue weighted by Crippen LogP contribution is -2.40. The van der Waals surface area contributed by atoms with Gasteiger partial charge >= 0.3 is 0 Å². The number of aliphatic hydroxyl groups is 1. The molecule has 3 aromatic carbocycles. The normalized spacial score (nSPS) is 13.2. The Hall–Kier alpha value is -4.02. The van der Waals surface area contributed by atoms with Crippen LogP contribution in [0, 0.1) is 0 Å². The molecule has 10 heteroatoms. The van der Waals surface area contributed by atoms with Crippen LogP contribution in [0.4, 0.5) is 0 Å². The number of aromatic nitrogens is 1. The zero-order chi connectivity index (χ0) is 27.1. The van der Waals surface area contributed by atoms with Crippen molar-refractivity contribution in [1.29, 1.82) is 0 Å². The third-order valence-corrected chi connectivity index (χ3v) is 7.75. The summed E-state index contributed by atoms with van der Waals surface area (Å²) < 4.78 is 31.2. The number of nitrogens with zero attached hydrogens (tertiary/aromatic N) is 1. The number of carbonyl (C=O) groups is 2. The van der Waals surface area contributed by atoms with Gasteiger partial charge in [0.05, 0.1) is 17.5 Å². The van der Waals surface area contributed by atoms with E-state index in [1.165, 1.54) is 12.1 Å². The third-order valence-electron chi connectivity index (χ3n) is 6.18. The number of hydrogen-bond acceptors (Lipinski definition) is 7. The summed E-state index contributed by atoms with van der Waals surface area (Å²) in [5.74, 6) is -2.04. The largest absolute Gasteiger partial charge is 0.438 e. The highest BCUT2D eigenvalue weighted by Gasteiger charge is 2.28. The molecule has 2 amide bonds. The Morgan fingerprint density at radius 2 is 1.66 bits per heavy atom. The van der Waals surface area contributed by atoms with E-state index in [1.54, 1.807) is 36.4 Å². The van der Waals surface area contributed by atoms with Gasteiger partial charge in [0.1, 0.15) is 5.52 Å². The highest BCUT2D eigenvalue weighted by molar-refractivity contribution is 7.90. The van der Waals surface area contributed by atoms with Gasteiger partial charge in [0.15, 0.2) is 21.5 Å². The van der Waals surface area contributed by atoms with Gasteiger partial charge in [0, 0.05) is 12.0 Å². The van der Waals surface area contributed by atoms with E-state index in [1.807, 2.05) is 30.3 Å². The molecule has 2 atom stereocenters. The zero-order valence-corrected chi connectivity index (χ0v) is 21.4. The second-order valence-electron chi connectivity index (χ2n) is 9.03. The number of carbonyl (C=O) groups excluding carboxylic acids is 2. The summed E-state index contributed by atoms with van der Waals surface area (Å²) in [6.45, 7) is 0. The van der Waals surface area contributed by atoms with Crippen molar-refractivity contribution >= 4 is 32.8 Å². The molecule has 0 unspecified atom stereocenters. The molecule has 38 heavy (non-hydrogen) atoms. The Morgan fingerprint density at radius 1 is 0.974 bits per heavy atom. The van der Waals surface area contributed by atoms with E-state index in [-0.39, 0.29) is 23.4 Å². The molecule has 1 heterocycles. The van der Waals surface area contributed by atoms with Crippen molar-refractivity contribution in [3.05, 3.63) is 101 Å². The third kappa shape index (κ3) is 7.05. The summed E-state index contributed by atoms with van der Waals surface area (Å²) in [4.78, 5) is 28.8. The summed E-state index contributed by atoms with van der Waals surface area (Å²) >= 11 is 0. The molecule has 0 saturated carbocycles. The molecule has 0 radical (unpaired) electrons. The minimum absolute atomic E-state index is 0.0697. The fourth-order valence-electron chi connectivity index (χ4n) is 4.19. The van der Waals surface area contributed by atoms with E-state index in [9.17, 15) is 23.1 Å². The lowest BCUT2D eigenvalue weighted by molar-refractivity contribution is -0.122. The monoisotopic (exact) mass is 535 g/mol. The number of rotatable bonds is 12. The predicted molar refractivity (Wildman–Crippen MR) is 143 cm³/mol. The fraction of sp³-hybridized carbons (Fsp3) is 0.250. The van der Waals surface area contributed by atoms with Gasteiger partial charge in [-0.3, -0.25) is 9.59 Å². The maximum absolute atomic E-state index is 12.8. The van der Waals surface area contributed by atoms with Crippen molar-refractivity contribution in [3.8, 4) is 0 Å². The lowest BCUT2D eigenvalue weighted by Gasteiger charge is -2.22. The van der Waals surface area contributed by atoms with Crippen LogP contribution < -0.4 is 11.1 Å². The smallest absolute Gasteiger partial charge is 0.249 e.